The molecule has 0 aliphatic heterocycles. The Labute approximate surface area is 170 Å². The molecule has 0 saturated carbocycles. The Balaban J connectivity index is 1.90. The molecule has 0 atom stereocenters. The van der Waals surface area contributed by atoms with Gasteiger partial charge in [0.2, 0.25) is 10.0 Å². The standard InChI is InChI=1S/C20H26N2O4S2/c1-4-22(5-2)28(24,25)19-13-15(10-11-16(19)26-6-3)21-20(23)18-12-14-8-7-9-17(14)27-18/h10-13H,4-9H2,1-3H3,(H,21,23). The number of aryl methyl sites for hydroxylation is 2. The summed E-state index contributed by atoms with van der Waals surface area (Å²) in [5.74, 6) is 0.0808. The number of sulfonamides is 1. The van der Waals surface area contributed by atoms with Gasteiger partial charge in [0.1, 0.15) is 10.6 Å². The number of nitrogens with one attached hydrogen (secondary N) is 1. The summed E-state index contributed by atoms with van der Waals surface area (Å²) in [5, 5.41) is 2.84. The van der Waals surface area contributed by atoms with Gasteiger partial charge in [-0.15, -0.1) is 11.3 Å². The van der Waals surface area contributed by atoms with Gasteiger partial charge in [-0.3, -0.25) is 4.79 Å². The van der Waals surface area contributed by atoms with Crippen LogP contribution in [0.5, 0.6) is 5.75 Å². The maximum atomic E-state index is 13.0. The summed E-state index contributed by atoms with van der Waals surface area (Å²) in [6.07, 6.45) is 3.20. The van der Waals surface area contributed by atoms with Gasteiger partial charge in [-0.1, -0.05) is 13.8 Å². The van der Waals surface area contributed by atoms with E-state index in [4.69, 9.17) is 4.74 Å². The van der Waals surface area contributed by atoms with E-state index in [0.717, 1.165) is 19.3 Å². The third kappa shape index (κ3) is 4.09. The SMILES string of the molecule is CCOc1ccc(NC(=O)c2cc3c(s2)CCC3)cc1S(=O)(=O)N(CC)CC. The van der Waals surface area contributed by atoms with Crippen molar-refractivity contribution in [1.29, 1.82) is 0 Å². The Hall–Kier alpha value is -1.90. The molecular weight excluding hydrogens is 396 g/mol. The first kappa shape index (κ1) is 20.8. The number of carbonyl (C=O) groups excluding carboxylic acids is 1. The summed E-state index contributed by atoms with van der Waals surface area (Å²) in [7, 11) is -3.71. The molecule has 1 aromatic carbocycles. The van der Waals surface area contributed by atoms with Crippen molar-refractivity contribution in [3.63, 3.8) is 0 Å². The van der Waals surface area contributed by atoms with E-state index >= 15 is 0 Å². The summed E-state index contributed by atoms with van der Waals surface area (Å²) in [6, 6.07) is 6.71. The Bertz CT molecular complexity index is 941. The zero-order chi connectivity index (χ0) is 20.3. The first-order valence-corrected chi connectivity index (χ1v) is 11.9. The van der Waals surface area contributed by atoms with Crippen molar-refractivity contribution in [2.45, 2.75) is 44.9 Å². The largest absolute Gasteiger partial charge is 0.492 e. The van der Waals surface area contributed by atoms with E-state index in [0.29, 0.717) is 36.0 Å². The highest BCUT2D eigenvalue weighted by Crippen LogP contribution is 2.33. The summed E-state index contributed by atoms with van der Waals surface area (Å²) >= 11 is 1.52. The van der Waals surface area contributed by atoms with Crippen molar-refractivity contribution >= 4 is 33.0 Å². The topological polar surface area (TPSA) is 75.7 Å². The maximum Gasteiger partial charge on any atom is 0.265 e. The first-order valence-electron chi connectivity index (χ1n) is 9.60. The van der Waals surface area contributed by atoms with Crippen molar-refractivity contribution < 1.29 is 17.9 Å². The number of amides is 1. The van der Waals surface area contributed by atoms with Crippen LogP contribution in [-0.4, -0.2) is 38.3 Å². The fourth-order valence-corrected chi connectivity index (χ4v) is 6.16. The highest BCUT2D eigenvalue weighted by Gasteiger charge is 2.27. The summed E-state index contributed by atoms with van der Waals surface area (Å²) in [6.45, 7) is 6.47. The number of carbonyl (C=O) groups is 1. The molecule has 8 heteroatoms. The van der Waals surface area contributed by atoms with Gasteiger partial charge in [0.25, 0.3) is 5.91 Å². The lowest BCUT2D eigenvalue weighted by molar-refractivity contribution is 0.103. The molecule has 1 aromatic heterocycles. The normalized spacial score (nSPS) is 13.6. The molecule has 3 rings (SSSR count). The number of benzene rings is 1. The molecule has 152 valence electrons. The van der Waals surface area contributed by atoms with Crippen LogP contribution in [-0.2, 0) is 22.9 Å². The number of hydrogen-bond acceptors (Lipinski definition) is 5. The van der Waals surface area contributed by atoms with Crippen molar-refractivity contribution in [3.8, 4) is 5.75 Å². The first-order chi connectivity index (χ1) is 13.4. The molecule has 0 unspecified atom stereocenters. The molecule has 1 N–H and O–H groups in total. The Kier molecular flexibility index (Phi) is 6.42. The van der Waals surface area contributed by atoms with E-state index in [2.05, 4.69) is 5.32 Å². The molecule has 0 saturated heterocycles. The van der Waals surface area contributed by atoms with E-state index in [9.17, 15) is 13.2 Å². The van der Waals surface area contributed by atoms with Crippen LogP contribution in [0.15, 0.2) is 29.2 Å². The third-order valence-corrected chi connectivity index (χ3v) is 8.10. The van der Waals surface area contributed by atoms with Crippen LogP contribution in [0, 0.1) is 0 Å². The maximum absolute atomic E-state index is 13.0. The molecule has 1 amide bonds. The fourth-order valence-electron chi connectivity index (χ4n) is 3.40. The van der Waals surface area contributed by atoms with Gasteiger partial charge in [0, 0.05) is 23.7 Å². The van der Waals surface area contributed by atoms with Crippen molar-refractivity contribution in [1.82, 2.24) is 4.31 Å². The Morgan fingerprint density at radius 1 is 1.18 bits per heavy atom. The lowest BCUT2D eigenvalue weighted by atomic mass is 10.2. The molecular formula is C20H26N2O4S2. The summed E-state index contributed by atoms with van der Waals surface area (Å²) in [5.41, 5.74) is 1.69. The molecule has 6 nitrogen and oxygen atoms in total. The number of nitrogens with zero attached hydrogens (tertiary/aromatic N) is 1. The summed E-state index contributed by atoms with van der Waals surface area (Å²) < 4.78 is 33.0. The molecule has 1 aliphatic rings. The highest BCUT2D eigenvalue weighted by molar-refractivity contribution is 7.89. The number of anilines is 1. The minimum absolute atomic E-state index is 0.0736. The van der Waals surface area contributed by atoms with Crippen molar-refractivity contribution in [3.05, 3.63) is 39.6 Å². The average molecular weight is 423 g/mol. The quantitative estimate of drug-likeness (QED) is 0.700. The average Bonchev–Trinajstić information content (AvgIpc) is 3.26. The smallest absolute Gasteiger partial charge is 0.265 e. The molecule has 1 heterocycles. The molecule has 2 aromatic rings. The highest BCUT2D eigenvalue weighted by atomic mass is 32.2. The van der Waals surface area contributed by atoms with Gasteiger partial charge in [0.05, 0.1) is 11.5 Å². The van der Waals surface area contributed by atoms with Gasteiger partial charge in [-0.2, -0.15) is 4.31 Å². The van der Waals surface area contributed by atoms with Crippen molar-refractivity contribution in [2.75, 3.05) is 25.0 Å². The lowest BCUT2D eigenvalue weighted by Crippen LogP contribution is -2.31. The van der Waals surface area contributed by atoms with Crippen LogP contribution in [0.1, 0.15) is 47.3 Å². The summed E-state index contributed by atoms with van der Waals surface area (Å²) in [4.78, 5) is 14.7. The van der Waals surface area contributed by atoms with Crippen LogP contribution in [0.4, 0.5) is 5.69 Å². The monoisotopic (exact) mass is 422 g/mol. The van der Waals surface area contributed by atoms with Crippen molar-refractivity contribution in [2.24, 2.45) is 0 Å². The molecule has 0 spiro atoms. The van der Waals surface area contributed by atoms with Gasteiger partial charge in [-0.25, -0.2) is 8.42 Å². The molecule has 0 bridgehead atoms. The minimum atomic E-state index is -3.71. The van der Waals surface area contributed by atoms with Gasteiger partial charge in [0.15, 0.2) is 0 Å². The number of ether oxygens (including phenoxy) is 1. The number of fused-ring (bicyclic) bond motifs is 1. The predicted molar refractivity (Wildman–Crippen MR) is 112 cm³/mol. The molecule has 1 aliphatic carbocycles. The van der Waals surface area contributed by atoms with Gasteiger partial charge >= 0.3 is 0 Å². The van der Waals surface area contributed by atoms with Crippen LogP contribution < -0.4 is 10.1 Å². The predicted octanol–water partition coefficient (Wildman–Crippen LogP) is 3.92. The molecule has 28 heavy (non-hydrogen) atoms. The lowest BCUT2D eigenvalue weighted by Gasteiger charge is -2.21. The van der Waals surface area contributed by atoms with E-state index in [-0.39, 0.29) is 10.8 Å². The van der Waals surface area contributed by atoms with E-state index in [1.54, 1.807) is 32.9 Å². The minimum Gasteiger partial charge on any atom is -0.492 e. The fraction of sp³-hybridized carbons (Fsp3) is 0.450. The van der Waals surface area contributed by atoms with Crippen LogP contribution >= 0.6 is 11.3 Å². The van der Waals surface area contributed by atoms with Crippen LogP contribution in [0.25, 0.3) is 0 Å². The second kappa shape index (κ2) is 8.63. The second-order valence-electron chi connectivity index (χ2n) is 6.55. The van der Waals surface area contributed by atoms with E-state index in [1.807, 2.05) is 6.07 Å². The third-order valence-electron chi connectivity index (χ3n) is 4.80. The van der Waals surface area contributed by atoms with Crippen LogP contribution in [0.2, 0.25) is 0 Å². The van der Waals surface area contributed by atoms with E-state index < -0.39 is 10.0 Å². The number of thiophene rings is 1. The number of hydrogen-bond donors (Lipinski definition) is 1. The molecule has 0 fully saturated rings. The van der Waals surface area contributed by atoms with Crippen LogP contribution in [0.3, 0.4) is 0 Å². The zero-order valence-electron chi connectivity index (χ0n) is 16.4. The second-order valence-corrected chi connectivity index (χ2v) is 9.59. The molecule has 0 radical (unpaired) electrons. The Morgan fingerprint density at radius 3 is 2.57 bits per heavy atom. The van der Waals surface area contributed by atoms with E-state index in [1.165, 1.54) is 32.1 Å². The number of rotatable bonds is 8. The zero-order valence-corrected chi connectivity index (χ0v) is 18.1. The van der Waals surface area contributed by atoms with Gasteiger partial charge < -0.3 is 10.1 Å². The van der Waals surface area contributed by atoms with Gasteiger partial charge in [-0.05, 0) is 56.0 Å². The Morgan fingerprint density at radius 2 is 1.93 bits per heavy atom.